The molecule has 0 aliphatic carbocycles. The summed E-state index contributed by atoms with van der Waals surface area (Å²) in [6.07, 6.45) is 3.86. The van der Waals surface area contributed by atoms with E-state index >= 15 is 0 Å². The first kappa shape index (κ1) is 33.7. The monoisotopic (exact) mass is 859 g/mol. The molecule has 0 aliphatic heterocycles. The van der Waals surface area contributed by atoms with Crippen LogP contribution in [-0.4, -0.2) is 19.3 Å². The van der Waals surface area contributed by atoms with E-state index in [1.54, 1.807) is 0 Å². The number of ether oxygens (including phenoxy) is 1. The molecular formula is C45H36N4O2Pt. The predicted octanol–water partition coefficient (Wildman–Crippen LogP) is 11.5. The van der Waals surface area contributed by atoms with E-state index in [0.29, 0.717) is 11.5 Å². The van der Waals surface area contributed by atoms with Crippen molar-refractivity contribution in [2.45, 2.75) is 47.0 Å². The summed E-state index contributed by atoms with van der Waals surface area (Å²) < 4.78 is 16.8. The van der Waals surface area contributed by atoms with E-state index in [1.807, 2.05) is 59.5 Å². The van der Waals surface area contributed by atoms with Gasteiger partial charge in [0, 0.05) is 45.7 Å². The molecule has 4 aromatic heterocycles. The molecule has 0 saturated heterocycles. The minimum atomic E-state index is -0.0452. The molecule has 0 bridgehead atoms. The first-order chi connectivity index (χ1) is 24.6. The Kier molecular flexibility index (Phi) is 8.19. The zero-order valence-electron chi connectivity index (χ0n) is 29.8. The van der Waals surface area contributed by atoms with Gasteiger partial charge in [-0.3, -0.25) is 4.68 Å². The molecule has 0 amide bonds. The van der Waals surface area contributed by atoms with Gasteiger partial charge < -0.3 is 13.7 Å². The summed E-state index contributed by atoms with van der Waals surface area (Å²) in [5.74, 6) is 1.97. The Morgan fingerprint density at radius 1 is 0.712 bits per heavy atom. The SMILES string of the molecule is Cc1cc(C)c(-c2ccn(-c3[c-]c(Oc4[c-]c5c(cc4)c4cc6oc7ccccc7c6cc4n5-c4cc(C(C)(C)C)ccn4)ccc3)n2)c(C)c1.[Pt+2]. The Hall–Kier alpha value is -5.45. The molecule has 5 aromatic carbocycles. The quantitative estimate of drug-likeness (QED) is 0.162. The molecule has 0 radical (unpaired) electrons. The summed E-state index contributed by atoms with van der Waals surface area (Å²) in [5.41, 5.74) is 11.3. The standard InChI is InChI=1S/C45H36N4O2.Pt/c1-27-20-28(2)44(29(3)21-27)38-17-19-48(47-38)31-10-9-11-32(23-31)50-33-14-15-34-36-26-42-37(35-12-7-8-13-41(35)51-42)25-40(36)49(39(34)24-33)43-22-30(16-18-46-43)45(4,5)6;/h7-22,25-26H,1-6H3;/q-2;+2. The molecular weight excluding hydrogens is 824 g/mol. The van der Waals surface area contributed by atoms with Crippen LogP contribution in [-0.2, 0) is 26.5 Å². The summed E-state index contributed by atoms with van der Waals surface area (Å²) in [4.78, 5) is 4.89. The summed E-state index contributed by atoms with van der Waals surface area (Å²) in [6.45, 7) is 13.1. The predicted molar refractivity (Wildman–Crippen MR) is 206 cm³/mol. The molecule has 9 rings (SSSR count). The maximum Gasteiger partial charge on any atom is 2.00 e. The van der Waals surface area contributed by atoms with Crippen LogP contribution in [0.2, 0.25) is 0 Å². The molecule has 0 atom stereocenters. The first-order valence-electron chi connectivity index (χ1n) is 17.2. The molecule has 6 nitrogen and oxygen atoms in total. The first-order valence-corrected chi connectivity index (χ1v) is 17.2. The van der Waals surface area contributed by atoms with Gasteiger partial charge in [-0.25, -0.2) is 4.98 Å². The number of rotatable bonds is 5. The molecule has 0 fully saturated rings. The Balaban J connectivity index is 0.00000387. The second-order valence-electron chi connectivity index (χ2n) is 14.5. The molecule has 9 aromatic rings. The van der Waals surface area contributed by atoms with Gasteiger partial charge in [-0.15, -0.1) is 35.7 Å². The van der Waals surface area contributed by atoms with Crippen molar-refractivity contribution in [2.24, 2.45) is 0 Å². The zero-order valence-corrected chi connectivity index (χ0v) is 32.1. The Labute approximate surface area is 316 Å². The van der Waals surface area contributed by atoms with E-state index in [9.17, 15) is 0 Å². The van der Waals surface area contributed by atoms with Crippen LogP contribution in [0, 0.1) is 32.9 Å². The zero-order chi connectivity index (χ0) is 35.0. The molecule has 0 saturated carbocycles. The van der Waals surface area contributed by atoms with Gasteiger partial charge in [0.15, 0.2) is 0 Å². The summed E-state index contributed by atoms with van der Waals surface area (Å²) in [6, 6.07) is 40.2. The van der Waals surface area contributed by atoms with Crippen molar-refractivity contribution in [3.05, 3.63) is 144 Å². The number of pyridine rings is 1. The third-order valence-corrected chi connectivity index (χ3v) is 9.73. The summed E-state index contributed by atoms with van der Waals surface area (Å²) in [5, 5.41) is 9.16. The summed E-state index contributed by atoms with van der Waals surface area (Å²) in [7, 11) is 0. The minimum Gasteiger partial charge on any atom is -0.509 e. The third-order valence-electron chi connectivity index (χ3n) is 9.73. The van der Waals surface area contributed by atoms with Crippen molar-refractivity contribution in [1.29, 1.82) is 0 Å². The fourth-order valence-electron chi connectivity index (χ4n) is 7.37. The number of para-hydroxylation sites is 1. The molecule has 4 heterocycles. The van der Waals surface area contributed by atoms with Crippen molar-refractivity contribution < 1.29 is 30.2 Å². The Bertz CT molecular complexity index is 2790. The molecule has 0 spiro atoms. The average molecular weight is 860 g/mol. The number of benzene rings is 5. The molecule has 7 heteroatoms. The topological polar surface area (TPSA) is 58.0 Å². The van der Waals surface area contributed by atoms with Gasteiger partial charge in [-0.05, 0) is 90.3 Å². The number of aryl methyl sites for hydroxylation is 3. The van der Waals surface area contributed by atoms with Crippen LogP contribution in [0.4, 0.5) is 0 Å². The van der Waals surface area contributed by atoms with Crippen molar-refractivity contribution in [1.82, 2.24) is 19.3 Å². The van der Waals surface area contributed by atoms with E-state index in [2.05, 4.69) is 113 Å². The fourth-order valence-corrected chi connectivity index (χ4v) is 7.37. The normalized spacial score (nSPS) is 11.9. The number of aromatic nitrogens is 4. The van der Waals surface area contributed by atoms with Gasteiger partial charge in [-0.2, -0.15) is 17.2 Å². The van der Waals surface area contributed by atoms with Crippen LogP contribution in [0.25, 0.3) is 66.5 Å². The fraction of sp³-hybridized carbons (Fsp3) is 0.156. The molecule has 258 valence electrons. The van der Waals surface area contributed by atoms with E-state index in [0.717, 1.165) is 66.5 Å². The molecule has 0 N–H and O–H groups in total. The maximum atomic E-state index is 6.47. The smallest absolute Gasteiger partial charge is 0.509 e. The number of furan rings is 1. The number of nitrogens with zero attached hydrogens (tertiary/aromatic N) is 4. The van der Waals surface area contributed by atoms with Gasteiger partial charge in [0.25, 0.3) is 0 Å². The van der Waals surface area contributed by atoms with Crippen LogP contribution in [0.3, 0.4) is 0 Å². The van der Waals surface area contributed by atoms with Crippen LogP contribution in [0.1, 0.15) is 43.0 Å². The number of hydrogen-bond acceptors (Lipinski definition) is 4. The van der Waals surface area contributed by atoms with Crippen LogP contribution >= 0.6 is 0 Å². The minimum absolute atomic E-state index is 0. The maximum absolute atomic E-state index is 6.47. The molecule has 52 heavy (non-hydrogen) atoms. The Morgan fingerprint density at radius 2 is 1.50 bits per heavy atom. The summed E-state index contributed by atoms with van der Waals surface area (Å²) >= 11 is 0. The van der Waals surface area contributed by atoms with Gasteiger partial charge in [0.2, 0.25) is 0 Å². The van der Waals surface area contributed by atoms with E-state index in [-0.39, 0.29) is 26.5 Å². The van der Waals surface area contributed by atoms with E-state index in [4.69, 9.17) is 19.2 Å². The van der Waals surface area contributed by atoms with E-state index < -0.39 is 0 Å². The third kappa shape index (κ3) is 5.72. The van der Waals surface area contributed by atoms with Gasteiger partial charge in [0.1, 0.15) is 17.0 Å². The van der Waals surface area contributed by atoms with Crippen LogP contribution in [0.5, 0.6) is 11.5 Å². The van der Waals surface area contributed by atoms with Gasteiger partial charge in [-0.1, -0.05) is 62.2 Å². The Morgan fingerprint density at radius 3 is 2.31 bits per heavy atom. The van der Waals surface area contributed by atoms with Crippen molar-refractivity contribution in [2.75, 3.05) is 0 Å². The number of hydrogen-bond donors (Lipinski definition) is 0. The largest absolute Gasteiger partial charge is 2.00 e. The van der Waals surface area contributed by atoms with Crippen molar-refractivity contribution >= 4 is 43.7 Å². The molecule has 0 unspecified atom stereocenters. The van der Waals surface area contributed by atoms with Crippen LogP contribution < -0.4 is 4.74 Å². The van der Waals surface area contributed by atoms with Gasteiger partial charge >= 0.3 is 21.1 Å². The van der Waals surface area contributed by atoms with Crippen LogP contribution in [0.15, 0.2) is 114 Å². The van der Waals surface area contributed by atoms with Crippen molar-refractivity contribution in [3.63, 3.8) is 0 Å². The molecule has 0 aliphatic rings. The average Bonchev–Trinajstić information content (AvgIpc) is 3.81. The van der Waals surface area contributed by atoms with E-state index in [1.165, 1.54) is 22.3 Å². The van der Waals surface area contributed by atoms with Crippen molar-refractivity contribution in [3.8, 4) is 34.3 Å². The second-order valence-corrected chi connectivity index (χ2v) is 14.5. The second kappa shape index (κ2) is 12.6. The van der Waals surface area contributed by atoms with Gasteiger partial charge in [0.05, 0.1) is 5.69 Å². The number of fused-ring (bicyclic) bond motifs is 6.